The molecule has 0 saturated carbocycles. The van der Waals surface area contributed by atoms with Crippen molar-refractivity contribution in [3.05, 3.63) is 0 Å². The molecule has 42 valence electrons. The predicted octanol–water partition coefficient (Wildman–Crippen LogP) is 0.223. The molecule has 2 nitrogen and oxygen atoms in total. The van der Waals surface area contributed by atoms with Crippen molar-refractivity contribution >= 4 is 9.41 Å². The average molecular weight is 118 g/mol. The van der Waals surface area contributed by atoms with Gasteiger partial charge in [0.15, 0.2) is 0 Å². The molecule has 0 spiro atoms. The molecule has 0 bridgehead atoms. The Morgan fingerprint density at radius 2 is 2.43 bits per heavy atom. The molecule has 0 aromatic carbocycles. The molecule has 0 aromatic heterocycles. The van der Waals surface area contributed by atoms with Gasteiger partial charge in [-0.1, -0.05) is 6.92 Å². The third kappa shape index (κ3) is 3.82. The smallest absolute Gasteiger partial charge is 0.266 e. The van der Waals surface area contributed by atoms with Crippen molar-refractivity contribution < 1.29 is 9.20 Å². The predicted molar refractivity (Wildman–Crippen MR) is 29.1 cm³/mol. The zero-order chi connectivity index (χ0) is 5.70. The van der Waals surface area contributed by atoms with Crippen LogP contribution in [0.4, 0.5) is 0 Å². The van der Waals surface area contributed by atoms with Gasteiger partial charge in [-0.2, -0.15) is 0 Å². The summed E-state index contributed by atoms with van der Waals surface area (Å²) in [5.41, 5.74) is 0.255. The minimum absolute atomic E-state index is 0.255. The van der Waals surface area contributed by atoms with Gasteiger partial charge in [0, 0.05) is 12.7 Å². The summed E-state index contributed by atoms with van der Waals surface area (Å²) in [6.45, 7) is 2.53. The Morgan fingerprint density at radius 1 is 1.86 bits per heavy atom. The molecular weight excluding hydrogens is 108 g/mol. The standard InChI is InChI=1S/C4H10O2Si/c1-4(7-5)3-6-2/h4,7H,3H2,1-2H3. The van der Waals surface area contributed by atoms with Crippen LogP contribution < -0.4 is 0 Å². The Hall–Kier alpha value is -0.0231. The molecule has 0 heterocycles. The molecule has 0 aliphatic heterocycles. The maximum Gasteiger partial charge on any atom is 0.266 e. The first-order chi connectivity index (χ1) is 3.31. The van der Waals surface area contributed by atoms with Gasteiger partial charge in [-0.15, -0.1) is 0 Å². The molecule has 0 radical (unpaired) electrons. The Kier molecular flexibility index (Phi) is 4.13. The van der Waals surface area contributed by atoms with Gasteiger partial charge in [-0.3, -0.25) is 0 Å². The highest BCUT2D eigenvalue weighted by Gasteiger charge is 1.95. The van der Waals surface area contributed by atoms with Crippen LogP contribution in [0.5, 0.6) is 0 Å². The number of methoxy groups -OCH3 is 1. The topological polar surface area (TPSA) is 26.3 Å². The Bertz CT molecular complexity index is 55.7. The fourth-order valence-electron chi connectivity index (χ4n) is 0.302. The zero-order valence-corrected chi connectivity index (χ0v) is 5.83. The van der Waals surface area contributed by atoms with Crippen molar-refractivity contribution in [3.8, 4) is 0 Å². The Morgan fingerprint density at radius 3 is 2.57 bits per heavy atom. The lowest BCUT2D eigenvalue weighted by atomic mass is 10.5. The van der Waals surface area contributed by atoms with Crippen LogP contribution in [0.2, 0.25) is 5.54 Å². The molecule has 0 fully saturated rings. The van der Waals surface area contributed by atoms with Gasteiger partial charge in [-0.05, 0) is 0 Å². The second-order valence-electron chi connectivity index (χ2n) is 1.57. The van der Waals surface area contributed by atoms with Crippen LogP contribution in [-0.2, 0) is 9.20 Å². The van der Waals surface area contributed by atoms with Crippen LogP contribution in [0.25, 0.3) is 0 Å². The van der Waals surface area contributed by atoms with E-state index in [0.717, 1.165) is 0 Å². The van der Waals surface area contributed by atoms with Gasteiger partial charge in [0.2, 0.25) is 0 Å². The lowest BCUT2D eigenvalue weighted by Crippen LogP contribution is -1.98. The van der Waals surface area contributed by atoms with E-state index in [1.54, 1.807) is 7.11 Å². The van der Waals surface area contributed by atoms with Crippen LogP contribution in [-0.4, -0.2) is 23.1 Å². The Balaban J connectivity index is 2.98. The van der Waals surface area contributed by atoms with Gasteiger partial charge >= 0.3 is 0 Å². The normalized spacial score (nSPS) is 13.4. The maximum absolute atomic E-state index is 10.0. The van der Waals surface area contributed by atoms with Crippen molar-refractivity contribution in [2.75, 3.05) is 13.7 Å². The van der Waals surface area contributed by atoms with E-state index in [1.165, 1.54) is 0 Å². The van der Waals surface area contributed by atoms with Crippen molar-refractivity contribution in [1.82, 2.24) is 0 Å². The maximum atomic E-state index is 10.0. The summed E-state index contributed by atoms with van der Waals surface area (Å²) in [6.07, 6.45) is 0. The summed E-state index contributed by atoms with van der Waals surface area (Å²) in [5, 5.41) is 0. The number of hydrogen-bond donors (Lipinski definition) is 0. The van der Waals surface area contributed by atoms with E-state index < -0.39 is 9.41 Å². The summed E-state index contributed by atoms with van der Waals surface area (Å²) in [6, 6.07) is 0. The van der Waals surface area contributed by atoms with Crippen molar-refractivity contribution in [2.24, 2.45) is 0 Å². The fraction of sp³-hybridized carbons (Fsp3) is 1.00. The van der Waals surface area contributed by atoms with Gasteiger partial charge in [0.05, 0.1) is 6.61 Å². The number of ether oxygens (including phenoxy) is 1. The lowest BCUT2D eigenvalue weighted by Gasteiger charge is -1.96. The lowest BCUT2D eigenvalue weighted by molar-refractivity contribution is 0.197. The molecule has 1 unspecified atom stereocenters. The molecule has 0 aromatic rings. The molecule has 0 saturated heterocycles. The molecule has 7 heavy (non-hydrogen) atoms. The largest absolute Gasteiger partial charge is 0.392 e. The van der Waals surface area contributed by atoms with Crippen LogP contribution in [0.3, 0.4) is 0 Å². The summed E-state index contributed by atoms with van der Waals surface area (Å²) < 4.78 is 14.7. The van der Waals surface area contributed by atoms with Crippen LogP contribution in [0.15, 0.2) is 0 Å². The van der Waals surface area contributed by atoms with E-state index in [2.05, 4.69) is 0 Å². The van der Waals surface area contributed by atoms with Gasteiger partial charge in [0.25, 0.3) is 9.41 Å². The van der Waals surface area contributed by atoms with Crippen molar-refractivity contribution in [2.45, 2.75) is 12.5 Å². The van der Waals surface area contributed by atoms with E-state index in [-0.39, 0.29) is 5.54 Å². The quantitative estimate of drug-likeness (QED) is 0.496. The van der Waals surface area contributed by atoms with E-state index in [0.29, 0.717) is 6.61 Å². The first kappa shape index (κ1) is 6.98. The first-order valence-electron chi connectivity index (χ1n) is 2.25. The third-order valence-electron chi connectivity index (χ3n) is 0.662. The molecular formula is C4H10O2Si. The van der Waals surface area contributed by atoms with Crippen LogP contribution in [0.1, 0.15) is 6.92 Å². The monoisotopic (exact) mass is 118 g/mol. The molecule has 0 rings (SSSR count). The summed E-state index contributed by atoms with van der Waals surface area (Å²) in [5.74, 6) is 0. The summed E-state index contributed by atoms with van der Waals surface area (Å²) in [4.78, 5) is 0. The van der Waals surface area contributed by atoms with Crippen molar-refractivity contribution in [1.29, 1.82) is 0 Å². The number of hydrogen-bond acceptors (Lipinski definition) is 2. The van der Waals surface area contributed by atoms with E-state index >= 15 is 0 Å². The summed E-state index contributed by atoms with van der Waals surface area (Å²) in [7, 11) is 0.975. The van der Waals surface area contributed by atoms with E-state index in [1.807, 2.05) is 6.92 Å². The molecule has 0 aliphatic carbocycles. The molecule has 3 heteroatoms. The highest BCUT2D eigenvalue weighted by molar-refractivity contribution is 6.19. The minimum atomic E-state index is -0.642. The highest BCUT2D eigenvalue weighted by atomic mass is 28.2. The zero-order valence-electron chi connectivity index (χ0n) is 4.68. The molecule has 0 amide bonds. The minimum Gasteiger partial charge on any atom is -0.392 e. The molecule has 1 atom stereocenters. The van der Waals surface area contributed by atoms with Gasteiger partial charge in [-0.25, -0.2) is 0 Å². The third-order valence-corrected chi connectivity index (χ3v) is 1.32. The Labute approximate surface area is 45.7 Å². The molecule has 0 N–H and O–H groups in total. The average Bonchev–Trinajstić information content (AvgIpc) is 1.68. The van der Waals surface area contributed by atoms with Crippen LogP contribution in [0, 0.1) is 0 Å². The fourth-order valence-corrected chi connectivity index (χ4v) is 0.573. The van der Waals surface area contributed by atoms with Gasteiger partial charge in [0.1, 0.15) is 0 Å². The molecule has 0 aliphatic rings. The van der Waals surface area contributed by atoms with Crippen molar-refractivity contribution in [3.63, 3.8) is 0 Å². The van der Waals surface area contributed by atoms with Crippen LogP contribution >= 0.6 is 0 Å². The van der Waals surface area contributed by atoms with E-state index in [9.17, 15) is 4.46 Å². The first-order valence-corrected chi connectivity index (χ1v) is 3.39. The second-order valence-corrected chi connectivity index (χ2v) is 2.98. The second kappa shape index (κ2) is 4.14. The SMILES string of the molecule is COCC(C)[SiH]=O. The van der Waals surface area contributed by atoms with Gasteiger partial charge < -0.3 is 9.20 Å². The summed E-state index contributed by atoms with van der Waals surface area (Å²) >= 11 is 0. The van der Waals surface area contributed by atoms with E-state index in [4.69, 9.17) is 4.74 Å². The number of rotatable bonds is 3. The highest BCUT2D eigenvalue weighted by Crippen LogP contribution is 1.93.